The lowest BCUT2D eigenvalue weighted by Crippen LogP contribution is -2.60. The highest BCUT2D eigenvalue weighted by Crippen LogP contribution is 2.54. The number of hydrogen-bond donors (Lipinski definition) is 0. The van der Waals surface area contributed by atoms with Crippen LogP contribution in [0.15, 0.2) is 212 Å². The Morgan fingerprint density at radius 3 is 1.59 bits per heavy atom. The highest BCUT2D eigenvalue weighted by molar-refractivity contribution is 7.33. The van der Waals surface area contributed by atoms with Crippen molar-refractivity contribution in [3.63, 3.8) is 0 Å². The zero-order valence-corrected chi connectivity index (χ0v) is 43.8. The quantitative estimate of drug-likeness (QED) is 0.147. The van der Waals surface area contributed by atoms with Gasteiger partial charge in [-0.2, -0.15) is 0 Å². The Morgan fingerprint density at radius 2 is 1.00 bits per heavy atom. The highest BCUT2D eigenvalue weighted by atomic mass is 32.1. The molecule has 0 bridgehead atoms. The van der Waals surface area contributed by atoms with Crippen LogP contribution in [0.4, 0.5) is 51.2 Å². The molecule has 3 aliphatic rings. The van der Waals surface area contributed by atoms with Crippen LogP contribution < -0.4 is 30.4 Å². The molecule has 3 nitrogen and oxygen atoms in total. The van der Waals surface area contributed by atoms with E-state index in [1.807, 2.05) is 11.3 Å². The normalized spacial score (nSPS) is 15.1. The topological polar surface area (TPSA) is 9.72 Å². The van der Waals surface area contributed by atoms with Crippen molar-refractivity contribution in [3.05, 3.63) is 229 Å². The summed E-state index contributed by atoms with van der Waals surface area (Å²) in [6.45, 7) is 16.8. The molecule has 0 unspecified atom stereocenters. The predicted molar refractivity (Wildman–Crippen MR) is 315 cm³/mol. The van der Waals surface area contributed by atoms with Gasteiger partial charge < -0.3 is 14.7 Å². The van der Waals surface area contributed by atoms with E-state index in [0.717, 1.165) is 34.9 Å². The summed E-state index contributed by atoms with van der Waals surface area (Å²) < 4.78 is 2.75. The van der Waals surface area contributed by atoms with Gasteiger partial charge in [0.15, 0.2) is 0 Å². The standard InChI is InChI=1S/C68H60BN3S/c1-66(2,3)49-32-34-52(35-33-49)72-61-42-54(70(50-26-16-10-17-27-50)51-28-18-11-19-29-51)41-60-63(61)69(65-64(72)55-43-56-57(44-62(55)73-65)68(6,7)38-37-67(56,4)5)58-36-31-48(46-23-14-9-15-24-46)40-59(58)71(60)53-30-20-25-47(39-53)45-21-12-8-13-22-45/h8-36,39-44H,37-38H2,1-7H3. The third-order valence-electron chi connectivity index (χ3n) is 16.2. The van der Waals surface area contributed by atoms with Crippen molar-refractivity contribution in [2.75, 3.05) is 14.7 Å². The van der Waals surface area contributed by atoms with Crippen molar-refractivity contribution in [1.29, 1.82) is 0 Å². The average Bonchev–Trinajstić information content (AvgIpc) is 3.80. The van der Waals surface area contributed by atoms with Crippen molar-refractivity contribution in [3.8, 4) is 22.3 Å². The largest absolute Gasteiger partial charge is 0.311 e. The molecule has 0 atom stereocenters. The summed E-state index contributed by atoms with van der Waals surface area (Å²) >= 11 is 2.01. The summed E-state index contributed by atoms with van der Waals surface area (Å²) in [6, 6.07) is 79.7. The minimum absolute atomic E-state index is 0.00522. The zero-order valence-electron chi connectivity index (χ0n) is 42.9. The minimum atomic E-state index is -0.0372. The summed E-state index contributed by atoms with van der Waals surface area (Å²) in [5.74, 6) is 0. The summed E-state index contributed by atoms with van der Waals surface area (Å²) in [4.78, 5) is 7.69. The number of nitrogens with zero attached hydrogens (tertiary/aromatic N) is 3. The van der Waals surface area contributed by atoms with Crippen molar-refractivity contribution in [1.82, 2.24) is 0 Å². The first kappa shape index (κ1) is 45.3. The fraction of sp³-hybridized carbons (Fsp3) is 0.176. The van der Waals surface area contributed by atoms with Gasteiger partial charge >= 0.3 is 0 Å². The number of anilines is 9. The van der Waals surface area contributed by atoms with Gasteiger partial charge in [0.1, 0.15) is 0 Å². The van der Waals surface area contributed by atoms with E-state index in [4.69, 9.17) is 0 Å². The molecule has 356 valence electrons. The Balaban J connectivity index is 1.18. The van der Waals surface area contributed by atoms with Gasteiger partial charge in [0.2, 0.25) is 0 Å². The molecule has 1 aliphatic carbocycles. The number of fused-ring (bicyclic) bond motifs is 7. The Hall–Kier alpha value is -7.60. The van der Waals surface area contributed by atoms with E-state index in [2.05, 4.69) is 275 Å². The van der Waals surface area contributed by atoms with Gasteiger partial charge in [-0.3, -0.25) is 0 Å². The van der Waals surface area contributed by atoms with Crippen molar-refractivity contribution in [2.24, 2.45) is 0 Å². The molecule has 9 aromatic carbocycles. The van der Waals surface area contributed by atoms with Crippen LogP contribution in [0.5, 0.6) is 0 Å². The smallest absolute Gasteiger partial charge is 0.264 e. The maximum atomic E-state index is 2.66. The van der Waals surface area contributed by atoms with E-state index in [9.17, 15) is 0 Å². The molecule has 0 amide bonds. The van der Waals surface area contributed by atoms with E-state index in [1.165, 1.54) is 93.9 Å². The average molecular weight is 962 g/mol. The third kappa shape index (κ3) is 7.54. The minimum Gasteiger partial charge on any atom is -0.311 e. The van der Waals surface area contributed by atoms with Crippen LogP contribution in [0, 0.1) is 0 Å². The molecule has 0 N–H and O–H groups in total. The van der Waals surface area contributed by atoms with Crippen LogP contribution in [0.1, 0.15) is 78.0 Å². The molecule has 0 saturated carbocycles. The second kappa shape index (κ2) is 17.0. The fourth-order valence-corrected chi connectivity index (χ4v) is 13.5. The molecule has 0 radical (unpaired) electrons. The van der Waals surface area contributed by atoms with Crippen molar-refractivity contribution in [2.45, 2.75) is 77.6 Å². The molecule has 0 fully saturated rings. The van der Waals surface area contributed by atoms with E-state index >= 15 is 0 Å². The van der Waals surface area contributed by atoms with Gasteiger partial charge in [-0.25, -0.2) is 0 Å². The van der Waals surface area contributed by atoms with Gasteiger partial charge in [-0.15, -0.1) is 11.3 Å². The van der Waals surface area contributed by atoms with Crippen LogP contribution in [-0.4, -0.2) is 6.71 Å². The first-order chi connectivity index (χ1) is 35.3. The molecular formula is C68H60BN3S. The molecule has 0 spiro atoms. The number of rotatable bonds is 7. The first-order valence-electron chi connectivity index (χ1n) is 26.1. The molecule has 2 aliphatic heterocycles. The Kier molecular flexibility index (Phi) is 10.5. The molecule has 5 heteroatoms. The lowest BCUT2D eigenvalue weighted by atomic mass is 9.36. The lowest BCUT2D eigenvalue weighted by molar-refractivity contribution is 0.332. The second-order valence-corrected chi connectivity index (χ2v) is 23.9. The molecular weight excluding hydrogens is 902 g/mol. The predicted octanol–water partition coefficient (Wildman–Crippen LogP) is 17.4. The number of para-hydroxylation sites is 2. The molecule has 10 aromatic rings. The van der Waals surface area contributed by atoms with E-state index < -0.39 is 0 Å². The van der Waals surface area contributed by atoms with Gasteiger partial charge in [-0.05, 0) is 158 Å². The summed E-state index contributed by atoms with van der Waals surface area (Å²) in [6.07, 6.45) is 2.34. The summed E-state index contributed by atoms with van der Waals surface area (Å²) in [7, 11) is 0. The van der Waals surface area contributed by atoms with E-state index in [0.29, 0.717) is 0 Å². The van der Waals surface area contributed by atoms with Crippen LogP contribution >= 0.6 is 11.3 Å². The van der Waals surface area contributed by atoms with Gasteiger partial charge in [0.25, 0.3) is 6.71 Å². The number of thiophene rings is 1. The Labute approximate surface area is 436 Å². The summed E-state index contributed by atoms with van der Waals surface area (Å²) in [5, 5.41) is 1.34. The van der Waals surface area contributed by atoms with Crippen molar-refractivity contribution >= 4 is 95.0 Å². The van der Waals surface area contributed by atoms with Gasteiger partial charge in [-0.1, -0.05) is 182 Å². The highest BCUT2D eigenvalue weighted by Gasteiger charge is 2.47. The summed E-state index contributed by atoms with van der Waals surface area (Å²) in [5.41, 5.74) is 22.3. The van der Waals surface area contributed by atoms with Crippen LogP contribution in [0.2, 0.25) is 0 Å². The molecule has 0 saturated heterocycles. The van der Waals surface area contributed by atoms with Crippen LogP contribution in [0.3, 0.4) is 0 Å². The molecule has 73 heavy (non-hydrogen) atoms. The monoisotopic (exact) mass is 961 g/mol. The number of benzene rings is 9. The first-order valence-corrected chi connectivity index (χ1v) is 26.9. The van der Waals surface area contributed by atoms with Crippen molar-refractivity contribution < 1.29 is 0 Å². The zero-order chi connectivity index (χ0) is 49.8. The Morgan fingerprint density at radius 1 is 0.466 bits per heavy atom. The van der Waals surface area contributed by atoms with E-state index in [1.54, 1.807) is 0 Å². The van der Waals surface area contributed by atoms with E-state index in [-0.39, 0.29) is 23.0 Å². The maximum Gasteiger partial charge on any atom is 0.264 e. The maximum absolute atomic E-state index is 2.66. The molecule has 13 rings (SSSR count). The fourth-order valence-electron chi connectivity index (χ4n) is 12.2. The van der Waals surface area contributed by atoms with Gasteiger partial charge in [0.05, 0.1) is 11.4 Å². The van der Waals surface area contributed by atoms with Gasteiger partial charge in [0, 0.05) is 54.7 Å². The second-order valence-electron chi connectivity index (χ2n) is 22.8. The Bertz CT molecular complexity index is 3680. The number of hydrogen-bond acceptors (Lipinski definition) is 4. The SMILES string of the molecule is CC(C)(C)c1ccc(N2c3cc(N(c4ccccc4)c4ccccc4)cc4c3B(c3ccc(-c5ccccc5)cc3N4c3cccc(-c4ccccc4)c3)c3sc4cc5c(cc4c32)C(C)(C)CCC5(C)C)cc1. The lowest BCUT2D eigenvalue weighted by Gasteiger charge is -2.44. The van der Waals surface area contributed by atoms with Crippen LogP contribution in [-0.2, 0) is 16.2 Å². The third-order valence-corrected chi connectivity index (χ3v) is 17.4. The van der Waals surface area contributed by atoms with Crippen LogP contribution in [0.25, 0.3) is 32.3 Å². The molecule has 1 aromatic heterocycles. The molecule has 3 heterocycles.